The third kappa shape index (κ3) is 2.33. The molecule has 6 nitrogen and oxygen atoms in total. The summed E-state index contributed by atoms with van der Waals surface area (Å²) >= 11 is 0. The topological polar surface area (TPSA) is 107 Å². The van der Waals surface area contributed by atoms with E-state index in [1.165, 1.54) is 6.92 Å². The fourth-order valence-electron chi connectivity index (χ4n) is 1.50. The van der Waals surface area contributed by atoms with Crippen molar-refractivity contribution in [3.05, 3.63) is 0 Å². The van der Waals surface area contributed by atoms with Gasteiger partial charge in [0.25, 0.3) is 0 Å². The van der Waals surface area contributed by atoms with E-state index in [9.17, 15) is 13.2 Å². The van der Waals surface area contributed by atoms with Gasteiger partial charge in [-0.1, -0.05) is 6.42 Å². The number of rotatable bonds is 5. The second kappa shape index (κ2) is 4.39. The summed E-state index contributed by atoms with van der Waals surface area (Å²) in [7, 11) is -3.73. The lowest BCUT2D eigenvalue weighted by Crippen LogP contribution is -2.48. The van der Waals surface area contributed by atoms with Crippen molar-refractivity contribution in [2.45, 2.75) is 31.4 Å². The van der Waals surface area contributed by atoms with Gasteiger partial charge in [-0.3, -0.25) is 4.79 Å². The number of sulfonamides is 1. The van der Waals surface area contributed by atoms with E-state index in [4.69, 9.17) is 10.4 Å². The van der Waals surface area contributed by atoms with E-state index in [-0.39, 0.29) is 6.54 Å². The van der Waals surface area contributed by atoms with Gasteiger partial charge in [0.2, 0.25) is 10.0 Å². The van der Waals surface area contributed by atoms with E-state index in [0.29, 0.717) is 12.8 Å². The first-order valence-electron chi connectivity index (χ1n) is 4.95. The van der Waals surface area contributed by atoms with Gasteiger partial charge in [-0.15, -0.1) is 0 Å². The minimum absolute atomic E-state index is 0.128. The van der Waals surface area contributed by atoms with Crippen molar-refractivity contribution in [1.29, 1.82) is 5.26 Å². The molecule has 1 saturated carbocycles. The van der Waals surface area contributed by atoms with Gasteiger partial charge in [0.05, 0.1) is 11.5 Å². The van der Waals surface area contributed by atoms with Crippen LogP contribution in [-0.2, 0) is 14.8 Å². The van der Waals surface area contributed by atoms with Gasteiger partial charge >= 0.3 is 5.97 Å². The molecule has 0 heterocycles. The van der Waals surface area contributed by atoms with Gasteiger partial charge in [-0.05, 0) is 19.8 Å². The quantitative estimate of drug-likeness (QED) is 0.714. The number of hydrogen-bond donors (Lipinski definition) is 2. The van der Waals surface area contributed by atoms with E-state index in [1.54, 1.807) is 6.07 Å². The number of aliphatic carboxylic acids is 1. The molecular formula is C9H14N2O4S. The first-order chi connectivity index (χ1) is 7.34. The molecule has 0 aliphatic heterocycles. The lowest BCUT2D eigenvalue weighted by atomic mass is 9.69. The second-order valence-electron chi connectivity index (χ2n) is 4.08. The SMILES string of the molecule is CC(C#N)S(=O)(=O)NCC1(C(=O)O)CCC1. The molecule has 1 fully saturated rings. The van der Waals surface area contributed by atoms with E-state index < -0.39 is 26.7 Å². The Morgan fingerprint density at radius 3 is 2.50 bits per heavy atom. The molecule has 90 valence electrons. The van der Waals surface area contributed by atoms with Crippen molar-refractivity contribution in [1.82, 2.24) is 4.72 Å². The van der Waals surface area contributed by atoms with Crippen molar-refractivity contribution in [3.8, 4) is 6.07 Å². The molecule has 0 amide bonds. The van der Waals surface area contributed by atoms with E-state index in [2.05, 4.69) is 4.72 Å². The number of nitrogens with zero attached hydrogens (tertiary/aromatic N) is 1. The summed E-state index contributed by atoms with van der Waals surface area (Å²) in [6, 6.07) is 1.61. The van der Waals surface area contributed by atoms with Gasteiger partial charge in [0.1, 0.15) is 0 Å². The number of nitrogens with one attached hydrogen (secondary N) is 1. The summed E-state index contributed by atoms with van der Waals surface area (Å²) in [5.41, 5.74) is -0.970. The highest BCUT2D eigenvalue weighted by Crippen LogP contribution is 2.40. The van der Waals surface area contributed by atoms with Crippen LogP contribution >= 0.6 is 0 Å². The number of carboxylic acids is 1. The van der Waals surface area contributed by atoms with Crippen molar-refractivity contribution in [2.24, 2.45) is 5.41 Å². The first-order valence-corrected chi connectivity index (χ1v) is 6.50. The molecule has 0 bridgehead atoms. The maximum absolute atomic E-state index is 11.4. The van der Waals surface area contributed by atoms with Crippen LogP contribution in [0.1, 0.15) is 26.2 Å². The van der Waals surface area contributed by atoms with Crippen LogP contribution in [0, 0.1) is 16.7 Å². The zero-order valence-corrected chi connectivity index (χ0v) is 9.75. The zero-order valence-electron chi connectivity index (χ0n) is 8.93. The van der Waals surface area contributed by atoms with Gasteiger partial charge in [0.15, 0.2) is 5.25 Å². The van der Waals surface area contributed by atoms with E-state index >= 15 is 0 Å². The minimum Gasteiger partial charge on any atom is -0.481 e. The lowest BCUT2D eigenvalue weighted by Gasteiger charge is -2.37. The molecule has 7 heteroatoms. The average Bonchev–Trinajstić information content (AvgIpc) is 2.14. The Morgan fingerprint density at radius 1 is 1.62 bits per heavy atom. The highest BCUT2D eigenvalue weighted by molar-refractivity contribution is 7.90. The predicted molar refractivity (Wildman–Crippen MR) is 55.9 cm³/mol. The third-order valence-electron chi connectivity index (χ3n) is 3.02. The van der Waals surface area contributed by atoms with Crippen LogP contribution in [0.15, 0.2) is 0 Å². The summed E-state index contributed by atoms with van der Waals surface area (Å²) in [5.74, 6) is -0.980. The summed E-state index contributed by atoms with van der Waals surface area (Å²) in [4.78, 5) is 11.0. The van der Waals surface area contributed by atoms with E-state index in [0.717, 1.165) is 6.42 Å². The zero-order chi connectivity index (χ0) is 12.4. The van der Waals surface area contributed by atoms with Gasteiger partial charge < -0.3 is 5.11 Å². The van der Waals surface area contributed by atoms with Crippen molar-refractivity contribution < 1.29 is 18.3 Å². The van der Waals surface area contributed by atoms with Crippen LogP contribution in [0.4, 0.5) is 0 Å². The maximum atomic E-state index is 11.4. The van der Waals surface area contributed by atoms with Gasteiger partial charge in [0, 0.05) is 6.54 Å². The molecule has 1 rings (SSSR count). The van der Waals surface area contributed by atoms with Crippen molar-refractivity contribution >= 4 is 16.0 Å². The maximum Gasteiger partial charge on any atom is 0.310 e. The predicted octanol–water partition coefficient (Wildman–Crippen LogP) is 0.0728. The van der Waals surface area contributed by atoms with Crippen LogP contribution in [-0.4, -0.2) is 31.3 Å². The molecule has 1 aliphatic carbocycles. The largest absolute Gasteiger partial charge is 0.481 e. The molecule has 1 atom stereocenters. The van der Waals surface area contributed by atoms with Gasteiger partial charge in [-0.2, -0.15) is 5.26 Å². The minimum atomic E-state index is -3.73. The fourth-order valence-corrected chi connectivity index (χ4v) is 2.37. The molecule has 1 aliphatic rings. The van der Waals surface area contributed by atoms with Gasteiger partial charge in [-0.25, -0.2) is 13.1 Å². The Balaban J connectivity index is 2.65. The molecule has 2 N–H and O–H groups in total. The number of carbonyl (C=O) groups is 1. The molecule has 0 spiro atoms. The molecule has 0 aromatic carbocycles. The first kappa shape index (κ1) is 12.9. The monoisotopic (exact) mass is 246 g/mol. The smallest absolute Gasteiger partial charge is 0.310 e. The number of nitriles is 1. The third-order valence-corrected chi connectivity index (χ3v) is 4.61. The highest BCUT2D eigenvalue weighted by atomic mass is 32.2. The summed E-state index contributed by atoms with van der Waals surface area (Å²) < 4.78 is 25.1. The summed E-state index contributed by atoms with van der Waals surface area (Å²) in [6.07, 6.45) is 1.75. The molecule has 0 aromatic heterocycles. The Hall–Kier alpha value is -1.13. The van der Waals surface area contributed by atoms with Crippen LogP contribution in [0.25, 0.3) is 0 Å². The molecule has 0 radical (unpaired) electrons. The number of carboxylic acid groups (broad SMARTS) is 1. The van der Waals surface area contributed by atoms with E-state index in [1.807, 2.05) is 0 Å². The molecule has 0 aromatic rings. The Morgan fingerprint density at radius 2 is 2.19 bits per heavy atom. The van der Waals surface area contributed by atoms with Crippen LogP contribution in [0.3, 0.4) is 0 Å². The number of hydrogen-bond acceptors (Lipinski definition) is 4. The molecule has 16 heavy (non-hydrogen) atoms. The normalized spacial score (nSPS) is 20.5. The second-order valence-corrected chi connectivity index (χ2v) is 6.16. The molecular weight excluding hydrogens is 232 g/mol. The van der Waals surface area contributed by atoms with Crippen molar-refractivity contribution in [2.75, 3.05) is 6.54 Å². The Kier molecular flexibility index (Phi) is 3.55. The summed E-state index contributed by atoms with van der Waals surface area (Å²) in [5, 5.41) is 16.3. The molecule has 1 unspecified atom stereocenters. The fraction of sp³-hybridized carbons (Fsp3) is 0.778. The summed E-state index contributed by atoms with van der Waals surface area (Å²) in [6.45, 7) is 1.13. The van der Waals surface area contributed by atoms with Crippen molar-refractivity contribution in [3.63, 3.8) is 0 Å². The standard InChI is InChI=1S/C9H14N2O4S/c1-7(5-10)16(14,15)11-6-9(8(12)13)3-2-4-9/h7,11H,2-4,6H2,1H3,(H,12,13). The average molecular weight is 246 g/mol. The highest BCUT2D eigenvalue weighted by Gasteiger charge is 2.45. The molecule has 0 saturated heterocycles. The lowest BCUT2D eigenvalue weighted by molar-refractivity contribution is -0.153. The van der Waals surface area contributed by atoms with Crippen LogP contribution in [0.5, 0.6) is 0 Å². The Bertz CT molecular complexity index is 419. The Labute approximate surface area is 94.3 Å². The van der Waals surface area contributed by atoms with Crippen LogP contribution in [0.2, 0.25) is 0 Å². The van der Waals surface area contributed by atoms with Crippen LogP contribution < -0.4 is 4.72 Å².